The van der Waals surface area contributed by atoms with E-state index in [1.807, 2.05) is 0 Å². The van der Waals surface area contributed by atoms with Crippen LogP contribution in [-0.2, 0) is 4.79 Å². The number of carbonyl (C=O) groups excluding carboxylic acids is 2. The monoisotopic (exact) mass is 385 g/mol. The van der Waals surface area contributed by atoms with Crippen LogP contribution >= 0.6 is 0 Å². The Balaban J connectivity index is 1.61. The van der Waals surface area contributed by atoms with Gasteiger partial charge in [0.15, 0.2) is 0 Å². The standard InChI is InChI=1S/C20H20FN3O4/c1-13-17(6-3-7-18(13)24(27)28)22-19(25)14-8-10-23(11-9-14)20(26)15-4-2-5-16(21)12-15/h2-7,12,14H,8-11H2,1H3,(H,22,25). The smallest absolute Gasteiger partial charge is 0.274 e. The van der Waals surface area contributed by atoms with Crippen molar-refractivity contribution in [3.05, 3.63) is 69.5 Å². The topological polar surface area (TPSA) is 92.6 Å². The summed E-state index contributed by atoms with van der Waals surface area (Å²) in [5.41, 5.74) is 1.06. The SMILES string of the molecule is Cc1c(NC(=O)C2CCN(C(=O)c3cccc(F)c3)CC2)cccc1[N+](=O)[O-]. The van der Waals surface area contributed by atoms with Crippen molar-refractivity contribution >= 4 is 23.2 Å². The van der Waals surface area contributed by atoms with E-state index >= 15 is 0 Å². The molecule has 2 aromatic carbocycles. The third-order valence-electron chi connectivity index (χ3n) is 4.98. The van der Waals surface area contributed by atoms with Crippen molar-refractivity contribution < 1.29 is 18.9 Å². The van der Waals surface area contributed by atoms with Crippen molar-refractivity contribution in [1.29, 1.82) is 0 Å². The van der Waals surface area contributed by atoms with E-state index in [4.69, 9.17) is 0 Å². The van der Waals surface area contributed by atoms with E-state index in [9.17, 15) is 24.1 Å². The number of nitrogens with one attached hydrogen (secondary N) is 1. The zero-order valence-corrected chi connectivity index (χ0v) is 15.4. The molecule has 0 aliphatic carbocycles. The largest absolute Gasteiger partial charge is 0.339 e. The lowest BCUT2D eigenvalue weighted by Crippen LogP contribution is -2.41. The zero-order valence-electron chi connectivity index (χ0n) is 15.4. The summed E-state index contributed by atoms with van der Waals surface area (Å²) in [7, 11) is 0. The van der Waals surface area contributed by atoms with Crippen LogP contribution in [0.5, 0.6) is 0 Å². The van der Waals surface area contributed by atoms with Crippen LogP contribution in [0.2, 0.25) is 0 Å². The highest BCUT2D eigenvalue weighted by molar-refractivity contribution is 5.95. The summed E-state index contributed by atoms with van der Waals surface area (Å²) in [4.78, 5) is 37.2. The minimum Gasteiger partial charge on any atom is -0.339 e. The van der Waals surface area contributed by atoms with Gasteiger partial charge in [-0.1, -0.05) is 12.1 Å². The highest BCUT2D eigenvalue weighted by atomic mass is 19.1. The molecular weight excluding hydrogens is 365 g/mol. The van der Waals surface area contributed by atoms with Gasteiger partial charge in [0, 0.05) is 30.6 Å². The first-order chi connectivity index (χ1) is 13.4. The van der Waals surface area contributed by atoms with Crippen molar-refractivity contribution in [2.75, 3.05) is 18.4 Å². The Labute approximate surface area is 161 Å². The van der Waals surface area contributed by atoms with Gasteiger partial charge in [0.25, 0.3) is 11.6 Å². The molecule has 0 bridgehead atoms. The summed E-state index contributed by atoms with van der Waals surface area (Å²) in [6.07, 6.45) is 0.946. The first-order valence-corrected chi connectivity index (χ1v) is 8.96. The van der Waals surface area contributed by atoms with Crippen molar-refractivity contribution in [2.45, 2.75) is 19.8 Å². The molecule has 8 heteroatoms. The number of rotatable bonds is 4. The first kappa shape index (κ1) is 19.5. The first-order valence-electron chi connectivity index (χ1n) is 8.96. The van der Waals surface area contributed by atoms with E-state index in [2.05, 4.69) is 5.32 Å². The maximum absolute atomic E-state index is 13.3. The van der Waals surface area contributed by atoms with Crippen molar-refractivity contribution in [1.82, 2.24) is 4.90 Å². The second-order valence-corrected chi connectivity index (χ2v) is 6.77. The fraction of sp³-hybridized carbons (Fsp3) is 0.300. The predicted octanol–water partition coefficient (Wildman–Crippen LogP) is 3.53. The quantitative estimate of drug-likeness (QED) is 0.644. The number of piperidine rings is 1. The Morgan fingerprint density at radius 2 is 1.86 bits per heavy atom. The molecule has 2 aromatic rings. The molecule has 0 aromatic heterocycles. The molecule has 0 radical (unpaired) electrons. The predicted molar refractivity (Wildman–Crippen MR) is 101 cm³/mol. The van der Waals surface area contributed by atoms with Gasteiger partial charge in [-0.05, 0) is 44.0 Å². The van der Waals surface area contributed by atoms with Crippen LogP contribution in [0.4, 0.5) is 15.8 Å². The number of benzene rings is 2. The Morgan fingerprint density at radius 1 is 1.18 bits per heavy atom. The molecule has 1 aliphatic rings. The van der Waals surface area contributed by atoms with E-state index in [1.54, 1.807) is 24.0 Å². The molecule has 1 saturated heterocycles. The summed E-state index contributed by atoms with van der Waals surface area (Å²) in [6.45, 7) is 2.37. The number of nitro benzene ring substituents is 1. The number of likely N-dealkylation sites (tertiary alicyclic amines) is 1. The average Bonchev–Trinajstić information content (AvgIpc) is 2.69. The Hall–Kier alpha value is -3.29. The molecule has 28 heavy (non-hydrogen) atoms. The van der Waals surface area contributed by atoms with Crippen molar-refractivity contribution in [3.8, 4) is 0 Å². The molecule has 146 valence electrons. The van der Waals surface area contributed by atoms with Crippen LogP contribution in [0, 0.1) is 28.8 Å². The molecule has 1 N–H and O–H groups in total. The van der Waals surface area contributed by atoms with Crippen LogP contribution in [0.25, 0.3) is 0 Å². The molecule has 1 heterocycles. The van der Waals surface area contributed by atoms with Crippen LogP contribution in [0.3, 0.4) is 0 Å². The minimum absolute atomic E-state index is 0.0479. The van der Waals surface area contributed by atoms with Gasteiger partial charge in [0.05, 0.1) is 16.2 Å². The molecule has 0 atom stereocenters. The van der Waals surface area contributed by atoms with E-state index in [-0.39, 0.29) is 29.0 Å². The number of halogens is 1. The average molecular weight is 385 g/mol. The molecule has 0 saturated carbocycles. The minimum atomic E-state index is -0.485. The fourth-order valence-corrected chi connectivity index (χ4v) is 3.34. The summed E-state index contributed by atoms with van der Waals surface area (Å²) >= 11 is 0. The number of hydrogen-bond donors (Lipinski definition) is 1. The van der Waals surface area contributed by atoms with Gasteiger partial charge < -0.3 is 10.2 Å². The molecule has 2 amide bonds. The molecule has 1 fully saturated rings. The van der Waals surface area contributed by atoms with Crippen molar-refractivity contribution in [2.24, 2.45) is 5.92 Å². The van der Waals surface area contributed by atoms with Crippen LogP contribution in [0.15, 0.2) is 42.5 Å². The number of hydrogen-bond acceptors (Lipinski definition) is 4. The van der Waals surface area contributed by atoms with Crippen LogP contribution in [0.1, 0.15) is 28.8 Å². The number of carbonyl (C=O) groups is 2. The van der Waals surface area contributed by atoms with Gasteiger partial charge in [-0.2, -0.15) is 0 Å². The summed E-state index contributed by atoms with van der Waals surface area (Å²) in [5, 5.41) is 13.8. The number of anilines is 1. The number of nitro groups is 1. The fourth-order valence-electron chi connectivity index (χ4n) is 3.34. The third kappa shape index (κ3) is 4.16. The number of amides is 2. The Kier molecular flexibility index (Phi) is 5.67. The van der Waals surface area contributed by atoms with Crippen molar-refractivity contribution in [3.63, 3.8) is 0 Å². The van der Waals surface area contributed by atoms with Gasteiger partial charge >= 0.3 is 0 Å². The van der Waals surface area contributed by atoms with E-state index in [0.29, 0.717) is 37.2 Å². The van der Waals surface area contributed by atoms with Gasteiger partial charge in [0.2, 0.25) is 5.91 Å². The lowest BCUT2D eigenvalue weighted by molar-refractivity contribution is -0.385. The molecule has 0 spiro atoms. The molecular formula is C20H20FN3O4. The highest BCUT2D eigenvalue weighted by Gasteiger charge is 2.28. The maximum atomic E-state index is 13.3. The van der Waals surface area contributed by atoms with Crippen LogP contribution in [-0.4, -0.2) is 34.7 Å². The molecule has 7 nitrogen and oxygen atoms in total. The van der Waals surface area contributed by atoms with Gasteiger partial charge in [0.1, 0.15) is 5.82 Å². The maximum Gasteiger partial charge on any atom is 0.274 e. The highest BCUT2D eigenvalue weighted by Crippen LogP contribution is 2.27. The van der Waals surface area contributed by atoms with Gasteiger partial charge in [-0.3, -0.25) is 19.7 Å². The van der Waals surface area contributed by atoms with Crippen LogP contribution < -0.4 is 5.32 Å². The van der Waals surface area contributed by atoms with E-state index in [1.165, 1.54) is 30.3 Å². The third-order valence-corrected chi connectivity index (χ3v) is 4.98. The Morgan fingerprint density at radius 3 is 2.50 bits per heavy atom. The summed E-state index contributed by atoms with van der Waals surface area (Å²) in [5.74, 6) is -1.24. The lowest BCUT2D eigenvalue weighted by Gasteiger charge is -2.31. The van der Waals surface area contributed by atoms with E-state index < -0.39 is 10.7 Å². The molecule has 1 aliphatic heterocycles. The van der Waals surface area contributed by atoms with E-state index in [0.717, 1.165) is 0 Å². The molecule has 3 rings (SSSR count). The second kappa shape index (κ2) is 8.16. The molecule has 0 unspecified atom stereocenters. The normalized spacial score (nSPS) is 14.6. The Bertz CT molecular complexity index is 923. The lowest BCUT2D eigenvalue weighted by atomic mass is 9.95. The number of nitrogens with zero attached hydrogens (tertiary/aromatic N) is 2. The second-order valence-electron chi connectivity index (χ2n) is 6.77. The van der Waals surface area contributed by atoms with Gasteiger partial charge in [-0.25, -0.2) is 4.39 Å². The van der Waals surface area contributed by atoms with Gasteiger partial charge in [-0.15, -0.1) is 0 Å². The summed E-state index contributed by atoms with van der Waals surface area (Å²) in [6, 6.07) is 10.1. The summed E-state index contributed by atoms with van der Waals surface area (Å²) < 4.78 is 13.3. The zero-order chi connectivity index (χ0) is 20.3.